The summed E-state index contributed by atoms with van der Waals surface area (Å²) >= 11 is 1.83. The molecule has 3 heterocycles. The van der Waals surface area contributed by atoms with Crippen molar-refractivity contribution in [2.45, 2.75) is 0 Å². The summed E-state index contributed by atoms with van der Waals surface area (Å²) in [5, 5.41) is 4.56. The number of fused-ring (bicyclic) bond motifs is 6. The van der Waals surface area contributed by atoms with Crippen LogP contribution in [0.3, 0.4) is 0 Å². The van der Waals surface area contributed by atoms with Gasteiger partial charge in [-0.05, 0) is 52.6 Å². The van der Waals surface area contributed by atoms with Gasteiger partial charge >= 0.3 is 0 Å². The van der Waals surface area contributed by atoms with Crippen LogP contribution in [-0.2, 0) is 0 Å². The molecule has 11 aromatic rings. The number of hydrogen-bond acceptors (Lipinski definition) is 5. The van der Waals surface area contributed by atoms with Crippen LogP contribution in [0.4, 0.5) is 0 Å². The van der Waals surface area contributed by atoms with Crippen molar-refractivity contribution in [3.63, 3.8) is 0 Å². The van der Waals surface area contributed by atoms with E-state index in [1.807, 2.05) is 78.1 Å². The predicted octanol–water partition coefficient (Wildman–Crippen LogP) is 14.1. The van der Waals surface area contributed by atoms with E-state index in [1.54, 1.807) is 0 Å². The lowest BCUT2D eigenvalue weighted by Crippen LogP contribution is -2.00. The van der Waals surface area contributed by atoms with Crippen molar-refractivity contribution >= 4 is 53.4 Å². The summed E-state index contributed by atoms with van der Waals surface area (Å²) in [7, 11) is 0. The topological polar surface area (TPSA) is 51.8 Å². The Morgan fingerprint density at radius 1 is 0.321 bits per heavy atom. The monoisotopic (exact) mass is 733 g/mol. The molecule has 0 bridgehead atoms. The molecule has 0 aliphatic carbocycles. The first kappa shape index (κ1) is 32.2. The molecule has 0 N–H and O–H groups in total. The quantitative estimate of drug-likeness (QED) is 0.171. The van der Waals surface area contributed by atoms with Gasteiger partial charge in [-0.3, -0.25) is 0 Å². The normalized spacial score (nSPS) is 11.6. The number of rotatable bonds is 6. The lowest BCUT2D eigenvalue weighted by Gasteiger charge is -2.11. The lowest BCUT2D eigenvalue weighted by molar-refractivity contribution is 0.670. The van der Waals surface area contributed by atoms with Crippen molar-refractivity contribution < 1.29 is 4.42 Å². The van der Waals surface area contributed by atoms with Crippen LogP contribution in [0.1, 0.15) is 0 Å². The van der Waals surface area contributed by atoms with Crippen molar-refractivity contribution in [2.24, 2.45) is 0 Å². The number of para-hydroxylation sites is 2. The average molecular weight is 734 g/mol. The fourth-order valence-electron chi connectivity index (χ4n) is 7.84. The van der Waals surface area contributed by atoms with Gasteiger partial charge in [0.05, 0.1) is 5.56 Å². The minimum absolute atomic E-state index is 0.566. The molecule has 0 aliphatic heterocycles. The van der Waals surface area contributed by atoms with Crippen molar-refractivity contribution in [3.8, 4) is 67.5 Å². The number of hydrogen-bond donors (Lipinski definition) is 0. The van der Waals surface area contributed by atoms with Crippen LogP contribution in [-0.4, -0.2) is 15.0 Å². The Labute approximate surface area is 327 Å². The summed E-state index contributed by atoms with van der Waals surface area (Å²) in [4.78, 5) is 15.0. The maximum absolute atomic E-state index is 7.06. The summed E-state index contributed by atoms with van der Waals surface area (Å²) in [5.74, 6) is 1.79. The average Bonchev–Trinajstić information content (AvgIpc) is 3.86. The summed E-state index contributed by atoms with van der Waals surface area (Å²) in [6.07, 6.45) is 0. The highest BCUT2D eigenvalue weighted by atomic mass is 32.1. The van der Waals surface area contributed by atoms with Crippen LogP contribution in [0.2, 0.25) is 0 Å². The molecular formula is C51H31N3OS. The van der Waals surface area contributed by atoms with E-state index in [0.29, 0.717) is 17.5 Å². The first-order chi connectivity index (χ1) is 27.7. The maximum atomic E-state index is 7.06. The second-order valence-corrected chi connectivity index (χ2v) is 15.0. The zero-order valence-electron chi connectivity index (χ0n) is 30.1. The fraction of sp³-hybridized carbons (Fsp3) is 0. The second-order valence-electron chi connectivity index (χ2n) is 14.0. The zero-order chi connectivity index (χ0) is 37.0. The fourth-order valence-corrected chi connectivity index (χ4v) is 9.05. The number of benzene rings is 8. The molecule has 0 atom stereocenters. The minimum atomic E-state index is 0.566. The van der Waals surface area contributed by atoms with Gasteiger partial charge in [-0.2, -0.15) is 0 Å². The molecule has 11 rings (SSSR count). The van der Waals surface area contributed by atoms with Crippen molar-refractivity contribution in [3.05, 3.63) is 188 Å². The maximum Gasteiger partial charge on any atom is 0.167 e. The molecule has 0 aliphatic rings. The molecular weight excluding hydrogens is 703 g/mol. The van der Waals surface area contributed by atoms with E-state index in [2.05, 4.69) is 121 Å². The van der Waals surface area contributed by atoms with E-state index >= 15 is 0 Å². The molecule has 0 radical (unpaired) electrons. The third-order valence-corrected chi connectivity index (χ3v) is 11.8. The van der Waals surface area contributed by atoms with Crippen molar-refractivity contribution in [1.29, 1.82) is 0 Å². The van der Waals surface area contributed by atoms with E-state index in [4.69, 9.17) is 19.4 Å². The number of aromatic nitrogens is 3. The summed E-state index contributed by atoms with van der Waals surface area (Å²) in [5.41, 5.74) is 11.2. The summed E-state index contributed by atoms with van der Waals surface area (Å²) < 4.78 is 9.56. The van der Waals surface area contributed by atoms with Gasteiger partial charge in [0.25, 0.3) is 0 Å². The Morgan fingerprint density at radius 2 is 0.821 bits per heavy atom. The molecule has 262 valence electrons. The zero-order valence-corrected chi connectivity index (χ0v) is 30.9. The Bertz CT molecular complexity index is 3180. The Kier molecular flexibility index (Phi) is 7.64. The van der Waals surface area contributed by atoms with Gasteiger partial charge in [-0.1, -0.05) is 158 Å². The van der Waals surface area contributed by atoms with Gasteiger partial charge in [0.2, 0.25) is 0 Å². The SMILES string of the molecule is c1ccc(-c2cccc(-c3cc(-c4cccc5c4oc4c(-c6nc(-c7ccccc7)nc(-c7ccccc7)n6)cccc45)c4sc5ccccc5c4c3)c2)cc1. The van der Waals surface area contributed by atoms with Crippen LogP contribution in [0, 0.1) is 0 Å². The first-order valence-corrected chi connectivity index (χ1v) is 19.5. The van der Waals surface area contributed by atoms with E-state index in [9.17, 15) is 0 Å². The molecule has 0 unspecified atom stereocenters. The van der Waals surface area contributed by atoms with Gasteiger partial charge in [0.1, 0.15) is 11.2 Å². The minimum Gasteiger partial charge on any atom is -0.455 e. The predicted molar refractivity (Wildman–Crippen MR) is 233 cm³/mol. The molecule has 0 spiro atoms. The molecule has 0 saturated carbocycles. The highest BCUT2D eigenvalue weighted by Gasteiger charge is 2.21. The van der Waals surface area contributed by atoms with E-state index in [0.717, 1.165) is 55.3 Å². The van der Waals surface area contributed by atoms with Gasteiger partial charge in [-0.15, -0.1) is 11.3 Å². The van der Waals surface area contributed by atoms with E-state index < -0.39 is 0 Å². The third kappa shape index (κ3) is 5.48. The van der Waals surface area contributed by atoms with Gasteiger partial charge < -0.3 is 4.42 Å². The molecule has 0 fully saturated rings. The highest BCUT2D eigenvalue weighted by Crippen LogP contribution is 2.46. The summed E-state index contributed by atoms with van der Waals surface area (Å²) in [6.45, 7) is 0. The first-order valence-electron chi connectivity index (χ1n) is 18.7. The van der Waals surface area contributed by atoms with Crippen LogP contribution in [0.25, 0.3) is 110 Å². The number of thiophene rings is 1. The van der Waals surface area contributed by atoms with E-state index in [-0.39, 0.29) is 0 Å². The Hall–Kier alpha value is -7.21. The third-order valence-electron chi connectivity index (χ3n) is 10.5. The molecule has 5 heteroatoms. The Balaban J connectivity index is 1.14. The Morgan fingerprint density at radius 3 is 1.50 bits per heavy atom. The molecule has 4 nitrogen and oxygen atoms in total. The summed E-state index contributed by atoms with van der Waals surface area (Å²) in [6, 6.07) is 65.7. The van der Waals surface area contributed by atoms with Crippen LogP contribution in [0.5, 0.6) is 0 Å². The lowest BCUT2D eigenvalue weighted by atomic mass is 9.93. The second kappa shape index (κ2) is 13.3. The largest absolute Gasteiger partial charge is 0.455 e. The van der Waals surface area contributed by atoms with Gasteiger partial charge in [0.15, 0.2) is 17.5 Å². The number of nitrogens with zero attached hydrogens (tertiary/aromatic N) is 3. The van der Waals surface area contributed by atoms with Crippen LogP contribution >= 0.6 is 11.3 Å². The smallest absolute Gasteiger partial charge is 0.167 e. The standard InChI is InChI=1S/C51H31N3OS/c1-4-15-32(16-5-1)35-21-12-22-36(29-35)37-30-43-38-23-10-11-28-45(38)56-48(43)44(31-37)41-26-13-24-39-40-25-14-27-42(47(40)55-46(39)41)51-53-49(33-17-6-2-7-18-33)52-50(54-51)34-19-8-3-9-20-34/h1-31H. The highest BCUT2D eigenvalue weighted by molar-refractivity contribution is 7.26. The molecule has 56 heavy (non-hydrogen) atoms. The van der Waals surface area contributed by atoms with Gasteiger partial charge in [-0.25, -0.2) is 15.0 Å². The van der Waals surface area contributed by atoms with Crippen molar-refractivity contribution in [1.82, 2.24) is 15.0 Å². The number of furan rings is 1. The van der Waals surface area contributed by atoms with E-state index in [1.165, 1.54) is 36.9 Å². The van der Waals surface area contributed by atoms with Crippen molar-refractivity contribution in [2.75, 3.05) is 0 Å². The molecule has 3 aromatic heterocycles. The molecule has 0 amide bonds. The molecule has 8 aromatic carbocycles. The van der Waals surface area contributed by atoms with Gasteiger partial charge in [0, 0.05) is 53.2 Å². The van der Waals surface area contributed by atoms with Crippen LogP contribution in [0.15, 0.2) is 192 Å². The molecule has 0 saturated heterocycles. The van der Waals surface area contributed by atoms with Crippen LogP contribution < -0.4 is 0 Å².